The van der Waals surface area contributed by atoms with Crippen LogP contribution in [0.25, 0.3) is 16.8 Å². The molecule has 5 rings (SSSR count). The van der Waals surface area contributed by atoms with E-state index in [1.807, 2.05) is 50.2 Å². The van der Waals surface area contributed by atoms with Gasteiger partial charge in [-0.15, -0.1) is 21.5 Å². The average molecular weight is 516 g/mol. The van der Waals surface area contributed by atoms with Gasteiger partial charge in [0.2, 0.25) is 0 Å². The standard InChI is InChI=1S/C28H25N3O3S2/c1-3-24-30-31-28(36-24)25-26(32)23(35-27(25)29)15-17-12-13-21(22(14-17)33-4-2)34-16-19-10-7-9-18-8-5-6-11-20(18)19/h5-15,25,29H,3-4,16H2,1-2H3/b23-15-,29-27?/t25-/m0/s1. The van der Waals surface area contributed by atoms with E-state index in [-0.39, 0.29) is 10.8 Å². The van der Waals surface area contributed by atoms with Gasteiger partial charge in [0.15, 0.2) is 17.3 Å². The lowest BCUT2D eigenvalue weighted by molar-refractivity contribution is -0.114. The third-order valence-electron chi connectivity index (χ3n) is 5.85. The molecular formula is C28H25N3O3S2. The maximum absolute atomic E-state index is 13.1. The topological polar surface area (TPSA) is 85.2 Å². The van der Waals surface area contributed by atoms with E-state index in [0.717, 1.165) is 27.9 Å². The lowest BCUT2D eigenvalue weighted by Crippen LogP contribution is -2.11. The molecule has 0 unspecified atom stereocenters. The second kappa shape index (κ2) is 10.6. The number of ketones is 1. The van der Waals surface area contributed by atoms with E-state index >= 15 is 0 Å². The van der Waals surface area contributed by atoms with Crippen LogP contribution in [0.3, 0.4) is 0 Å². The molecule has 1 aromatic heterocycles. The van der Waals surface area contributed by atoms with Gasteiger partial charge in [-0.1, -0.05) is 67.2 Å². The summed E-state index contributed by atoms with van der Waals surface area (Å²) in [7, 11) is 0. The van der Waals surface area contributed by atoms with Gasteiger partial charge in [-0.25, -0.2) is 0 Å². The zero-order chi connectivity index (χ0) is 25.1. The average Bonchev–Trinajstić information content (AvgIpc) is 3.47. The first-order chi connectivity index (χ1) is 17.6. The largest absolute Gasteiger partial charge is 0.490 e. The molecule has 0 radical (unpaired) electrons. The molecule has 0 bridgehead atoms. The summed E-state index contributed by atoms with van der Waals surface area (Å²) in [4.78, 5) is 13.6. The fraction of sp³-hybridized carbons (Fsp3) is 0.214. The first-order valence-corrected chi connectivity index (χ1v) is 13.4. The van der Waals surface area contributed by atoms with Gasteiger partial charge in [-0.3, -0.25) is 10.2 Å². The number of allylic oxidation sites excluding steroid dienone is 1. The Hall–Kier alpha value is -3.49. The number of nitrogens with zero attached hydrogens (tertiary/aromatic N) is 2. The van der Waals surface area contributed by atoms with Crippen molar-refractivity contribution in [2.75, 3.05) is 6.61 Å². The highest BCUT2D eigenvalue weighted by Gasteiger charge is 2.39. The van der Waals surface area contributed by atoms with Crippen LogP contribution in [0.5, 0.6) is 11.5 Å². The number of ether oxygens (including phenoxy) is 2. The van der Waals surface area contributed by atoms with Crippen LogP contribution in [0.2, 0.25) is 0 Å². The smallest absolute Gasteiger partial charge is 0.186 e. The first-order valence-electron chi connectivity index (χ1n) is 11.8. The third kappa shape index (κ3) is 4.92. The summed E-state index contributed by atoms with van der Waals surface area (Å²) < 4.78 is 12.0. The molecule has 8 heteroatoms. The zero-order valence-electron chi connectivity index (χ0n) is 20.0. The maximum atomic E-state index is 13.1. The van der Waals surface area contributed by atoms with E-state index in [1.165, 1.54) is 28.5 Å². The van der Waals surface area contributed by atoms with Gasteiger partial charge < -0.3 is 9.47 Å². The molecule has 3 aromatic carbocycles. The molecule has 1 fully saturated rings. The number of thioether (sulfide) groups is 1. The number of Topliss-reactive ketones (excluding diaryl/α,β-unsaturated/α-hetero) is 1. The van der Waals surface area contributed by atoms with Crippen LogP contribution in [0.4, 0.5) is 0 Å². The first kappa shape index (κ1) is 24.2. The number of benzene rings is 3. The predicted molar refractivity (Wildman–Crippen MR) is 146 cm³/mol. The molecule has 36 heavy (non-hydrogen) atoms. The molecule has 0 amide bonds. The molecule has 2 heterocycles. The van der Waals surface area contributed by atoms with Gasteiger partial charge in [0.25, 0.3) is 0 Å². The Morgan fingerprint density at radius 1 is 1.00 bits per heavy atom. The van der Waals surface area contributed by atoms with Crippen molar-refractivity contribution in [3.63, 3.8) is 0 Å². The number of carbonyl (C=O) groups is 1. The molecule has 4 aromatic rings. The number of rotatable bonds is 8. The van der Waals surface area contributed by atoms with Crippen LogP contribution in [0.1, 0.15) is 40.9 Å². The van der Waals surface area contributed by atoms with Crippen LogP contribution < -0.4 is 9.47 Å². The predicted octanol–water partition coefficient (Wildman–Crippen LogP) is 6.65. The van der Waals surface area contributed by atoms with Crippen molar-refractivity contribution in [1.29, 1.82) is 5.41 Å². The molecule has 0 saturated carbocycles. The van der Waals surface area contributed by atoms with Gasteiger partial charge in [0.05, 0.1) is 16.6 Å². The Morgan fingerprint density at radius 3 is 2.64 bits per heavy atom. The fourth-order valence-electron chi connectivity index (χ4n) is 4.07. The van der Waals surface area contributed by atoms with Gasteiger partial charge >= 0.3 is 0 Å². The van der Waals surface area contributed by atoms with E-state index in [9.17, 15) is 4.79 Å². The summed E-state index contributed by atoms with van der Waals surface area (Å²) in [5, 5.41) is 20.7. The Morgan fingerprint density at radius 2 is 1.83 bits per heavy atom. The van der Waals surface area contributed by atoms with Crippen molar-refractivity contribution < 1.29 is 14.3 Å². The second-order valence-corrected chi connectivity index (χ2v) is 10.4. The molecular weight excluding hydrogens is 490 g/mol. The number of hydrogen-bond acceptors (Lipinski definition) is 8. The van der Waals surface area contributed by atoms with Crippen molar-refractivity contribution in [2.24, 2.45) is 0 Å². The highest BCUT2D eigenvalue weighted by Crippen LogP contribution is 2.42. The summed E-state index contributed by atoms with van der Waals surface area (Å²) in [5.41, 5.74) is 1.91. The fourth-order valence-corrected chi connectivity index (χ4v) is 6.02. The summed E-state index contributed by atoms with van der Waals surface area (Å²) in [5.74, 6) is 0.488. The van der Waals surface area contributed by atoms with Crippen LogP contribution in [-0.4, -0.2) is 27.6 Å². The van der Waals surface area contributed by atoms with Crippen LogP contribution in [0.15, 0.2) is 65.6 Å². The van der Waals surface area contributed by atoms with Crippen LogP contribution in [-0.2, 0) is 17.8 Å². The molecule has 0 spiro atoms. The molecule has 182 valence electrons. The van der Waals surface area contributed by atoms with Crippen molar-refractivity contribution >= 4 is 50.8 Å². The summed E-state index contributed by atoms with van der Waals surface area (Å²) in [6, 6.07) is 20.1. The van der Waals surface area contributed by atoms with Gasteiger partial charge in [-0.2, -0.15) is 0 Å². The number of nitrogens with one attached hydrogen (secondary N) is 1. The minimum Gasteiger partial charge on any atom is -0.490 e. The van der Waals surface area contributed by atoms with Crippen LogP contribution in [0, 0.1) is 5.41 Å². The van der Waals surface area contributed by atoms with Gasteiger partial charge in [0.1, 0.15) is 22.5 Å². The summed E-state index contributed by atoms with van der Waals surface area (Å²) >= 11 is 2.58. The SMILES string of the molecule is CCOc1cc(/C=C2\SC(=N)[C@@H](c3nnc(CC)s3)C2=O)ccc1OCc1cccc2ccccc12. The minimum atomic E-state index is -0.659. The van der Waals surface area contributed by atoms with E-state index in [4.69, 9.17) is 14.9 Å². The number of fused-ring (bicyclic) bond motifs is 1. The second-order valence-electron chi connectivity index (χ2n) is 8.23. The maximum Gasteiger partial charge on any atom is 0.186 e. The minimum absolute atomic E-state index is 0.113. The Bertz CT molecular complexity index is 1470. The lowest BCUT2D eigenvalue weighted by Gasteiger charge is -2.14. The zero-order valence-corrected chi connectivity index (χ0v) is 21.6. The van der Waals surface area contributed by atoms with E-state index < -0.39 is 5.92 Å². The number of hydrogen-bond donors (Lipinski definition) is 1. The summed E-state index contributed by atoms with van der Waals surface area (Å²) in [6.07, 6.45) is 2.57. The van der Waals surface area contributed by atoms with E-state index in [1.54, 1.807) is 6.08 Å². The van der Waals surface area contributed by atoms with E-state index in [0.29, 0.717) is 34.6 Å². The number of aryl methyl sites for hydroxylation is 1. The van der Waals surface area contributed by atoms with Crippen molar-refractivity contribution in [3.8, 4) is 11.5 Å². The molecule has 1 saturated heterocycles. The molecule has 1 N–H and O–H groups in total. The quantitative estimate of drug-likeness (QED) is 0.265. The highest BCUT2D eigenvalue weighted by atomic mass is 32.2. The molecule has 1 atom stereocenters. The Balaban J connectivity index is 1.37. The number of carbonyl (C=O) groups excluding carboxylic acids is 1. The Labute approximate surface area is 217 Å². The molecule has 0 aliphatic carbocycles. The normalized spacial score (nSPS) is 16.7. The van der Waals surface area contributed by atoms with E-state index in [2.05, 4.69) is 34.5 Å². The van der Waals surface area contributed by atoms with Crippen molar-refractivity contribution in [3.05, 3.63) is 86.7 Å². The molecule has 1 aliphatic heterocycles. The lowest BCUT2D eigenvalue weighted by atomic mass is 10.0. The summed E-state index contributed by atoms with van der Waals surface area (Å²) in [6.45, 7) is 4.82. The van der Waals surface area contributed by atoms with Crippen LogP contribution >= 0.6 is 23.1 Å². The molecule has 1 aliphatic rings. The Kier molecular flexibility index (Phi) is 7.16. The monoisotopic (exact) mass is 515 g/mol. The van der Waals surface area contributed by atoms with Gasteiger partial charge in [-0.05, 0) is 53.5 Å². The number of aromatic nitrogens is 2. The molecule has 6 nitrogen and oxygen atoms in total. The van der Waals surface area contributed by atoms with Crippen molar-refractivity contribution in [2.45, 2.75) is 32.8 Å². The third-order valence-corrected chi connectivity index (χ3v) is 7.97. The van der Waals surface area contributed by atoms with Gasteiger partial charge in [0, 0.05) is 0 Å². The van der Waals surface area contributed by atoms with Crippen molar-refractivity contribution in [1.82, 2.24) is 10.2 Å². The highest BCUT2D eigenvalue weighted by molar-refractivity contribution is 8.19.